The first-order valence-corrected chi connectivity index (χ1v) is 6.66. The van der Waals surface area contributed by atoms with E-state index in [1.54, 1.807) is 0 Å². The Morgan fingerprint density at radius 2 is 2.00 bits per heavy atom. The molecule has 0 aromatic carbocycles. The molecule has 0 rings (SSSR count). The Balaban J connectivity index is 4.06. The summed E-state index contributed by atoms with van der Waals surface area (Å²) in [6.07, 6.45) is 2.03. The number of aliphatic hydroxyl groups is 1. The molecular weight excluding hydrogens is 230 g/mol. The minimum atomic E-state index is -0.210. The second kappa shape index (κ2) is 8.45. The van der Waals surface area contributed by atoms with Crippen LogP contribution in [0.2, 0.25) is 0 Å². The third-order valence-corrected chi connectivity index (χ3v) is 2.55. The van der Waals surface area contributed by atoms with Crippen LogP contribution in [-0.2, 0) is 4.79 Å². The van der Waals surface area contributed by atoms with Crippen molar-refractivity contribution in [1.82, 2.24) is 10.6 Å². The molecule has 2 atom stereocenters. The Hall–Kier alpha value is -0.650. The third-order valence-electron chi connectivity index (χ3n) is 2.55. The van der Waals surface area contributed by atoms with Crippen LogP contribution in [0.4, 0.5) is 0 Å². The van der Waals surface area contributed by atoms with Crippen LogP contribution < -0.4 is 16.4 Å². The van der Waals surface area contributed by atoms with Gasteiger partial charge in [0.25, 0.3) is 0 Å². The first-order chi connectivity index (χ1) is 8.28. The lowest BCUT2D eigenvalue weighted by molar-refractivity contribution is -0.123. The minimum absolute atomic E-state index is 0.0129. The summed E-state index contributed by atoms with van der Waals surface area (Å²) in [7, 11) is 0. The molecule has 5 heteroatoms. The van der Waals surface area contributed by atoms with Crippen LogP contribution in [0.3, 0.4) is 0 Å². The van der Waals surface area contributed by atoms with Crippen LogP contribution in [0.15, 0.2) is 0 Å². The Labute approximate surface area is 111 Å². The molecule has 0 aromatic rings. The number of hydrogen-bond donors (Lipinski definition) is 4. The summed E-state index contributed by atoms with van der Waals surface area (Å²) in [6.45, 7) is 8.55. The van der Waals surface area contributed by atoms with Crippen LogP contribution in [0, 0.1) is 0 Å². The zero-order valence-electron chi connectivity index (χ0n) is 12.1. The van der Waals surface area contributed by atoms with Gasteiger partial charge in [-0.05, 0) is 40.5 Å². The molecule has 0 saturated carbocycles. The molecule has 0 heterocycles. The molecule has 0 aliphatic heterocycles. The van der Waals surface area contributed by atoms with E-state index in [1.807, 2.05) is 27.7 Å². The van der Waals surface area contributed by atoms with E-state index in [2.05, 4.69) is 10.6 Å². The first kappa shape index (κ1) is 17.4. The van der Waals surface area contributed by atoms with Gasteiger partial charge in [0, 0.05) is 37.2 Å². The van der Waals surface area contributed by atoms with Gasteiger partial charge >= 0.3 is 0 Å². The molecule has 108 valence electrons. The van der Waals surface area contributed by atoms with Crippen LogP contribution in [0.5, 0.6) is 0 Å². The van der Waals surface area contributed by atoms with E-state index < -0.39 is 0 Å². The quantitative estimate of drug-likeness (QED) is 0.507. The number of nitrogens with two attached hydrogens (primary N) is 1. The second-order valence-electron chi connectivity index (χ2n) is 5.87. The van der Waals surface area contributed by atoms with Crippen molar-refractivity contribution < 1.29 is 9.90 Å². The van der Waals surface area contributed by atoms with Crippen LogP contribution in [-0.4, -0.2) is 41.8 Å². The van der Waals surface area contributed by atoms with Gasteiger partial charge in [0.1, 0.15) is 0 Å². The highest BCUT2D eigenvalue weighted by Crippen LogP contribution is 2.03. The molecule has 0 bridgehead atoms. The Kier molecular flexibility index (Phi) is 8.15. The average Bonchev–Trinajstić information content (AvgIpc) is 2.22. The number of amides is 1. The lowest BCUT2D eigenvalue weighted by Gasteiger charge is -2.25. The van der Waals surface area contributed by atoms with Crippen molar-refractivity contribution in [2.24, 2.45) is 5.73 Å². The molecule has 0 aromatic heterocycles. The maximum atomic E-state index is 11.8. The number of rotatable bonds is 8. The van der Waals surface area contributed by atoms with Gasteiger partial charge in [0.05, 0.1) is 0 Å². The highest BCUT2D eigenvalue weighted by molar-refractivity contribution is 5.77. The summed E-state index contributed by atoms with van der Waals surface area (Å²) in [5, 5.41) is 15.0. The molecule has 0 radical (unpaired) electrons. The largest absolute Gasteiger partial charge is 0.396 e. The molecule has 0 saturated heterocycles. The molecule has 0 aliphatic carbocycles. The highest BCUT2D eigenvalue weighted by Gasteiger charge is 2.18. The lowest BCUT2D eigenvalue weighted by Crippen LogP contribution is -2.47. The van der Waals surface area contributed by atoms with E-state index in [-0.39, 0.29) is 30.1 Å². The van der Waals surface area contributed by atoms with E-state index in [0.717, 1.165) is 12.8 Å². The fourth-order valence-corrected chi connectivity index (χ4v) is 1.79. The number of nitrogens with one attached hydrogen (secondary N) is 2. The van der Waals surface area contributed by atoms with Crippen molar-refractivity contribution in [2.45, 2.75) is 64.6 Å². The van der Waals surface area contributed by atoms with Gasteiger partial charge in [0.15, 0.2) is 0 Å². The van der Waals surface area contributed by atoms with Gasteiger partial charge in [-0.1, -0.05) is 0 Å². The second-order valence-corrected chi connectivity index (χ2v) is 5.87. The van der Waals surface area contributed by atoms with Crippen LogP contribution >= 0.6 is 0 Å². The molecular formula is C13H29N3O2. The van der Waals surface area contributed by atoms with Gasteiger partial charge < -0.3 is 21.5 Å². The zero-order valence-corrected chi connectivity index (χ0v) is 12.1. The Bertz CT molecular complexity index is 239. The standard InChI is InChI=1S/C13H29N3O2/c1-10(6-5-7-17)15-11(9-14)8-12(18)16-13(2,3)4/h10-11,15,17H,5-9,14H2,1-4H3,(H,16,18). The molecule has 0 aliphatic rings. The predicted molar refractivity (Wildman–Crippen MR) is 74.3 cm³/mol. The van der Waals surface area contributed by atoms with Crippen molar-refractivity contribution >= 4 is 5.91 Å². The zero-order chi connectivity index (χ0) is 14.2. The molecule has 0 spiro atoms. The number of hydrogen-bond acceptors (Lipinski definition) is 4. The fraction of sp³-hybridized carbons (Fsp3) is 0.923. The minimum Gasteiger partial charge on any atom is -0.396 e. The van der Waals surface area contributed by atoms with Crippen LogP contribution in [0.25, 0.3) is 0 Å². The summed E-state index contributed by atoms with van der Waals surface area (Å²) < 4.78 is 0. The Morgan fingerprint density at radius 3 is 2.44 bits per heavy atom. The molecule has 0 fully saturated rings. The summed E-state index contributed by atoms with van der Waals surface area (Å²) >= 11 is 0. The van der Waals surface area contributed by atoms with Crippen molar-refractivity contribution in [1.29, 1.82) is 0 Å². The van der Waals surface area contributed by atoms with Crippen LogP contribution in [0.1, 0.15) is 47.0 Å². The summed E-state index contributed by atoms with van der Waals surface area (Å²) in [4.78, 5) is 11.8. The molecule has 5 nitrogen and oxygen atoms in total. The van der Waals surface area contributed by atoms with Crippen molar-refractivity contribution in [3.05, 3.63) is 0 Å². The van der Waals surface area contributed by atoms with Gasteiger partial charge in [-0.3, -0.25) is 4.79 Å². The number of carbonyl (C=O) groups is 1. The van der Waals surface area contributed by atoms with E-state index in [1.165, 1.54) is 0 Å². The first-order valence-electron chi connectivity index (χ1n) is 6.66. The summed E-state index contributed by atoms with van der Waals surface area (Å²) in [5.74, 6) is 0.0137. The van der Waals surface area contributed by atoms with Crippen molar-refractivity contribution in [3.63, 3.8) is 0 Å². The SMILES string of the molecule is CC(CCCO)NC(CN)CC(=O)NC(C)(C)C. The molecule has 18 heavy (non-hydrogen) atoms. The van der Waals surface area contributed by atoms with Gasteiger partial charge in [0.2, 0.25) is 5.91 Å². The monoisotopic (exact) mass is 259 g/mol. The number of aliphatic hydroxyl groups excluding tert-OH is 1. The maximum Gasteiger partial charge on any atom is 0.222 e. The topological polar surface area (TPSA) is 87.4 Å². The Morgan fingerprint density at radius 1 is 1.39 bits per heavy atom. The summed E-state index contributed by atoms with van der Waals surface area (Å²) in [5.41, 5.74) is 5.46. The molecule has 5 N–H and O–H groups in total. The third kappa shape index (κ3) is 9.39. The summed E-state index contributed by atoms with van der Waals surface area (Å²) in [6, 6.07) is 0.245. The van der Waals surface area contributed by atoms with E-state index in [0.29, 0.717) is 13.0 Å². The normalized spacial score (nSPS) is 15.2. The number of carbonyl (C=O) groups excluding carboxylic acids is 1. The van der Waals surface area contributed by atoms with E-state index in [9.17, 15) is 4.79 Å². The van der Waals surface area contributed by atoms with Gasteiger partial charge in [-0.2, -0.15) is 0 Å². The predicted octanol–water partition coefficient (Wildman–Crippen LogP) is 0.369. The van der Waals surface area contributed by atoms with E-state index >= 15 is 0 Å². The lowest BCUT2D eigenvalue weighted by atomic mass is 10.1. The van der Waals surface area contributed by atoms with Gasteiger partial charge in [-0.15, -0.1) is 0 Å². The molecule has 2 unspecified atom stereocenters. The molecule has 1 amide bonds. The highest BCUT2D eigenvalue weighted by atomic mass is 16.2. The van der Waals surface area contributed by atoms with Gasteiger partial charge in [-0.25, -0.2) is 0 Å². The average molecular weight is 259 g/mol. The van der Waals surface area contributed by atoms with E-state index in [4.69, 9.17) is 10.8 Å². The maximum absolute atomic E-state index is 11.8. The van der Waals surface area contributed by atoms with Crippen molar-refractivity contribution in [2.75, 3.05) is 13.2 Å². The fourth-order valence-electron chi connectivity index (χ4n) is 1.79. The van der Waals surface area contributed by atoms with Crippen molar-refractivity contribution in [3.8, 4) is 0 Å². The smallest absolute Gasteiger partial charge is 0.222 e.